The van der Waals surface area contributed by atoms with Crippen molar-refractivity contribution >= 4 is 65.3 Å². The highest BCUT2D eigenvalue weighted by Crippen LogP contribution is 2.43. The SMILES string of the molecule is c1ccc(-c2nc(-c3ccccc3)nc(-c3cccc4oc5c6ccccc6c(-c6ccc(-n7c8ccccc8c8c9ccccc9ccc87)cc6)cc5c34)n2)cc1. The number of furan rings is 1. The zero-order valence-electron chi connectivity index (χ0n) is 31.2. The second-order valence-electron chi connectivity index (χ2n) is 14.7. The van der Waals surface area contributed by atoms with Crippen molar-refractivity contribution in [1.29, 1.82) is 0 Å². The van der Waals surface area contributed by atoms with Gasteiger partial charge in [-0.2, -0.15) is 0 Å². The van der Waals surface area contributed by atoms with E-state index in [0.717, 1.165) is 66.2 Å². The largest absolute Gasteiger partial charge is 0.455 e. The maximum absolute atomic E-state index is 6.75. The molecule has 58 heavy (non-hydrogen) atoms. The maximum Gasteiger partial charge on any atom is 0.164 e. The van der Waals surface area contributed by atoms with E-state index >= 15 is 0 Å². The number of para-hydroxylation sites is 1. The minimum Gasteiger partial charge on any atom is -0.455 e. The van der Waals surface area contributed by atoms with Gasteiger partial charge in [-0.05, 0) is 63.7 Å². The van der Waals surface area contributed by atoms with E-state index in [0.29, 0.717) is 17.5 Å². The lowest BCUT2D eigenvalue weighted by Crippen LogP contribution is -2.00. The van der Waals surface area contributed by atoms with Crippen LogP contribution in [0.25, 0.3) is 116 Å². The molecule has 12 aromatic rings. The predicted molar refractivity (Wildman–Crippen MR) is 238 cm³/mol. The van der Waals surface area contributed by atoms with Gasteiger partial charge in [0, 0.05) is 49.3 Å². The second-order valence-corrected chi connectivity index (χ2v) is 14.7. The van der Waals surface area contributed by atoms with Gasteiger partial charge in [-0.25, -0.2) is 15.0 Å². The average Bonchev–Trinajstić information content (AvgIpc) is 3.86. The highest BCUT2D eigenvalue weighted by atomic mass is 16.3. The van der Waals surface area contributed by atoms with Crippen LogP contribution in [0, 0.1) is 0 Å². The molecule has 0 bridgehead atoms. The van der Waals surface area contributed by atoms with E-state index in [1.54, 1.807) is 0 Å². The van der Waals surface area contributed by atoms with Crippen molar-refractivity contribution in [3.63, 3.8) is 0 Å². The van der Waals surface area contributed by atoms with Crippen LogP contribution in [0.2, 0.25) is 0 Å². The molecule has 0 aliphatic heterocycles. The molecule has 0 radical (unpaired) electrons. The summed E-state index contributed by atoms with van der Waals surface area (Å²) in [6, 6.07) is 68.0. The van der Waals surface area contributed by atoms with Gasteiger partial charge in [0.2, 0.25) is 0 Å². The first-order valence-electron chi connectivity index (χ1n) is 19.5. The summed E-state index contributed by atoms with van der Waals surface area (Å²) in [4.78, 5) is 15.2. The predicted octanol–water partition coefficient (Wildman–Crippen LogP) is 13.8. The van der Waals surface area contributed by atoms with Crippen molar-refractivity contribution < 1.29 is 4.42 Å². The molecular formula is C53H32N4O. The highest BCUT2D eigenvalue weighted by molar-refractivity contribution is 6.23. The van der Waals surface area contributed by atoms with Crippen LogP contribution >= 0.6 is 0 Å². The first-order valence-corrected chi connectivity index (χ1v) is 19.5. The minimum absolute atomic E-state index is 0.596. The minimum atomic E-state index is 0.596. The molecule has 0 atom stereocenters. The Morgan fingerprint density at radius 1 is 0.362 bits per heavy atom. The smallest absolute Gasteiger partial charge is 0.164 e. The standard InChI is InChI=1S/C53H32N4O/c1-3-15-35(16-4-1)51-54-52(36-17-5-2-6-18-36)56-53(55-51)42-23-13-25-47-49(42)44-32-43(39-20-9-10-21-40(39)50(44)58-47)34-26-29-37(30-27-34)57-45-24-12-11-22-41(45)48-38-19-8-7-14-33(38)28-31-46(48)57/h1-32H. The Hall–Kier alpha value is -7.89. The number of aromatic nitrogens is 4. The summed E-state index contributed by atoms with van der Waals surface area (Å²) in [5, 5.41) is 9.22. The molecule has 0 saturated carbocycles. The summed E-state index contributed by atoms with van der Waals surface area (Å²) in [5.41, 5.74) is 10.1. The Labute approximate surface area is 333 Å². The molecule has 0 aliphatic rings. The van der Waals surface area contributed by atoms with Crippen LogP contribution in [0.5, 0.6) is 0 Å². The number of hydrogen-bond donors (Lipinski definition) is 0. The van der Waals surface area contributed by atoms with Crippen LogP contribution in [0.15, 0.2) is 199 Å². The molecule has 0 fully saturated rings. The molecule has 0 saturated heterocycles. The van der Waals surface area contributed by atoms with Crippen molar-refractivity contribution in [1.82, 2.24) is 19.5 Å². The van der Waals surface area contributed by atoms with Gasteiger partial charge in [-0.3, -0.25) is 0 Å². The maximum atomic E-state index is 6.75. The van der Waals surface area contributed by atoms with Gasteiger partial charge in [-0.1, -0.05) is 158 Å². The van der Waals surface area contributed by atoms with Crippen LogP contribution in [-0.4, -0.2) is 19.5 Å². The van der Waals surface area contributed by atoms with E-state index in [2.05, 4.69) is 126 Å². The quantitative estimate of drug-likeness (QED) is 0.176. The summed E-state index contributed by atoms with van der Waals surface area (Å²) in [7, 11) is 0. The van der Waals surface area contributed by atoms with Crippen molar-refractivity contribution in [3.05, 3.63) is 194 Å². The number of benzene rings is 9. The van der Waals surface area contributed by atoms with Crippen LogP contribution in [-0.2, 0) is 0 Å². The molecule has 9 aromatic carbocycles. The Bertz CT molecular complexity index is 3490. The van der Waals surface area contributed by atoms with Gasteiger partial charge < -0.3 is 8.98 Å². The summed E-state index contributed by atoms with van der Waals surface area (Å²) >= 11 is 0. The molecule has 0 N–H and O–H groups in total. The fourth-order valence-corrected chi connectivity index (χ4v) is 8.81. The lowest BCUT2D eigenvalue weighted by Gasteiger charge is -2.12. The molecule has 3 aromatic heterocycles. The average molecular weight is 741 g/mol. The van der Waals surface area contributed by atoms with Crippen LogP contribution < -0.4 is 0 Å². The number of hydrogen-bond acceptors (Lipinski definition) is 4. The molecule has 0 aliphatic carbocycles. The number of nitrogens with zero attached hydrogens (tertiary/aromatic N) is 4. The molecule has 3 heterocycles. The van der Waals surface area contributed by atoms with Gasteiger partial charge in [0.1, 0.15) is 11.2 Å². The fraction of sp³-hybridized carbons (Fsp3) is 0. The molecule has 5 heteroatoms. The Balaban J connectivity index is 1.06. The molecule has 12 rings (SSSR count). The second kappa shape index (κ2) is 12.8. The van der Waals surface area contributed by atoms with Crippen molar-refractivity contribution in [2.24, 2.45) is 0 Å². The van der Waals surface area contributed by atoms with E-state index in [9.17, 15) is 0 Å². The highest BCUT2D eigenvalue weighted by Gasteiger charge is 2.21. The summed E-state index contributed by atoms with van der Waals surface area (Å²) in [6.45, 7) is 0. The van der Waals surface area contributed by atoms with Gasteiger partial charge in [0.25, 0.3) is 0 Å². The summed E-state index contributed by atoms with van der Waals surface area (Å²) in [5.74, 6) is 1.84. The third-order valence-corrected chi connectivity index (χ3v) is 11.4. The third kappa shape index (κ3) is 5.00. The lowest BCUT2D eigenvalue weighted by molar-refractivity contribution is 0.672. The Kier molecular flexibility index (Phi) is 7.16. The topological polar surface area (TPSA) is 56.7 Å². The first kappa shape index (κ1) is 32.4. The fourth-order valence-electron chi connectivity index (χ4n) is 8.81. The molecule has 5 nitrogen and oxygen atoms in total. The molecule has 0 spiro atoms. The molecular weight excluding hydrogens is 709 g/mol. The normalized spacial score (nSPS) is 11.8. The van der Waals surface area contributed by atoms with Gasteiger partial charge in [0.05, 0.1) is 11.0 Å². The van der Waals surface area contributed by atoms with Gasteiger partial charge in [-0.15, -0.1) is 0 Å². The monoisotopic (exact) mass is 740 g/mol. The van der Waals surface area contributed by atoms with E-state index in [-0.39, 0.29) is 0 Å². The Morgan fingerprint density at radius 3 is 1.72 bits per heavy atom. The van der Waals surface area contributed by atoms with Crippen LogP contribution in [0.3, 0.4) is 0 Å². The van der Waals surface area contributed by atoms with Crippen molar-refractivity contribution in [2.45, 2.75) is 0 Å². The van der Waals surface area contributed by atoms with E-state index in [4.69, 9.17) is 19.4 Å². The number of fused-ring (bicyclic) bond motifs is 10. The lowest BCUT2D eigenvalue weighted by atomic mass is 9.94. The molecule has 0 amide bonds. The van der Waals surface area contributed by atoms with Gasteiger partial charge in [0.15, 0.2) is 17.5 Å². The van der Waals surface area contributed by atoms with Crippen LogP contribution in [0.1, 0.15) is 0 Å². The van der Waals surface area contributed by atoms with E-state index < -0.39 is 0 Å². The zero-order valence-corrected chi connectivity index (χ0v) is 31.2. The van der Waals surface area contributed by atoms with Crippen molar-refractivity contribution in [2.75, 3.05) is 0 Å². The van der Waals surface area contributed by atoms with Gasteiger partial charge >= 0.3 is 0 Å². The van der Waals surface area contributed by atoms with Crippen molar-refractivity contribution in [3.8, 4) is 51.0 Å². The summed E-state index contributed by atoms with van der Waals surface area (Å²) < 4.78 is 9.14. The first-order chi connectivity index (χ1) is 28.8. The molecule has 270 valence electrons. The van der Waals surface area contributed by atoms with E-state index in [1.807, 2.05) is 72.8 Å². The van der Waals surface area contributed by atoms with E-state index in [1.165, 1.54) is 32.6 Å². The number of rotatable bonds is 5. The summed E-state index contributed by atoms with van der Waals surface area (Å²) in [6.07, 6.45) is 0. The van der Waals surface area contributed by atoms with Crippen LogP contribution in [0.4, 0.5) is 0 Å². The third-order valence-electron chi connectivity index (χ3n) is 11.4. The zero-order chi connectivity index (χ0) is 38.2. The molecule has 0 unspecified atom stereocenters. The Morgan fingerprint density at radius 2 is 0.983 bits per heavy atom.